The molecule has 1 aliphatic rings. The summed E-state index contributed by atoms with van der Waals surface area (Å²) in [6.07, 6.45) is 0. The van der Waals surface area contributed by atoms with Crippen molar-refractivity contribution in [2.75, 3.05) is 32.7 Å². The molecular formula is C12H17ClN4O5S. The molecule has 1 heterocycles. The van der Waals surface area contributed by atoms with Crippen LogP contribution in [0.25, 0.3) is 0 Å². The van der Waals surface area contributed by atoms with Crippen LogP contribution in [0.3, 0.4) is 0 Å². The second-order valence-electron chi connectivity index (χ2n) is 4.71. The van der Waals surface area contributed by atoms with Crippen molar-refractivity contribution in [1.29, 1.82) is 0 Å². The third-order valence-electron chi connectivity index (χ3n) is 3.45. The van der Waals surface area contributed by atoms with Gasteiger partial charge in [-0.3, -0.25) is 14.9 Å². The normalized spacial score (nSPS) is 15.8. The molecule has 0 atom stereocenters. The van der Waals surface area contributed by atoms with Crippen molar-refractivity contribution in [3.8, 4) is 0 Å². The van der Waals surface area contributed by atoms with Gasteiger partial charge in [0.1, 0.15) is 0 Å². The van der Waals surface area contributed by atoms with Crippen LogP contribution in [0, 0.1) is 10.1 Å². The second kappa shape index (κ2) is 7.68. The molecule has 1 fully saturated rings. The minimum Gasteiger partial charge on any atom is -0.339 e. The highest BCUT2D eigenvalue weighted by Crippen LogP contribution is 2.26. The van der Waals surface area contributed by atoms with Gasteiger partial charge in [0.15, 0.2) is 4.90 Å². The van der Waals surface area contributed by atoms with Gasteiger partial charge in [-0.15, -0.1) is 12.4 Å². The molecule has 0 radical (unpaired) electrons. The summed E-state index contributed by atoms with van der Waals surface area (Å²) in [4.78, 5) is 22.9. The molecule has 2 rings (SSSR count). The number of amides is 1. The zero-order valence-corrected chi connectivity index (χ0v) is 13.8. The van der Waals surface area contributed by atoms with Crippen LogP contribution in [0.1, 0.15) is 0 Å². The van der Waals surface area contributed by atoms with Crippen molar-refractivity contribution >= 4 is 34.0 Å². The molecule has 0 aromatic heterocycles. The Morgan fingerprint density at radius 2 is 1.78 bits per heavy atom. The van der Waals surface area contributed by atoms with Gasteiger partial charge in [-0.2, -0.15) is 4.31 Å². The van der Waals surface area contributed by atoms with E-state index in [2.05, 4.69) is 0 Å². The zero-order chi connectivity index (χ0) is 16.3. The number of hydrogen-bond acceptors (Lipinski definition) is 6. The van der Waals surface area contributed by atoms with Crippen LogP contribution in [0.15, 0.2) is 29.2 Å². The molecule has 1 aromatic rings. The summed E-state index contributed by atoms with van der Waals surface area (Å²) in [5.74, 6) is -0.247. The van der Waals surface area contributed by atoms with Crippen molar-refractivity contribution in [1.82, 2.24) is 9.21 Å². The van der Waals surface area contributed by atoms with Gasteiger partial charge < -0.3 is 10.6 Å². The highest BCUT2D eigenvalue weighted by molar-refractivity contribution is 7.89. The third kappa shape index (κ3) is 3.96. The lowest BCUT2D eigenvalue weighted by Gasteiger charge is -2.33. The molecule has 1 amide bonds. The van der Waals surface area contributed by atoms with Crippen LogP contribution in [-0.4, -0.2) is 61.2 Å². The van der Waals surface area contributed by atoms with Gasteiger partial charge in [-0.1, -0.05) is 12.1 Å². The minimum absolute atomic E-state index is 0. The first kappa shape index (κ1) is 19.3. The average molecular weight is 365 g/mol. The Labute approximate surface area is 139 Å². The Morgan fingerprint density at radius 3 is 2.30 bits per heavy atom. The summed E-state index contributed by atoms with van der Waals surface area (Å²) >= 11 is 0. The van der Waals surface area contributed by atoms with Crippen LogP contribution < -0.4 is 5.73 Å². The van der Waals surface area contributed by atoms with Crippen LogP contribution in [0.5, 0.6) is 0 Å². The van der Waals surface area contributed by atoms with Crippen molar-refractivity contribution in [3.63, 3.8) is 0 Å². The second-order valence-corrected chi connectivity index (χ2v) is 6.62. The maximum atomic E-state index is 12.6. The van der Waals surface area contributed by atoms with E-state index in [1.54, 1.807) is 0 Å². The first-order valence-electron chi connectivity index (χ1n) is 6.59. The number of rotatable bonds is 4. The quantitative estimate of drug-likeness (QED) is 0.582. The molecule has 0 unspecified atom stereocenters. The number of nitrogens with two attached hydrogens (primary N) is 1. The molecule has 1 aliphatic heterocycles. The zero-order valence-electron chi connectivity index (χ0n) is 12.1. The van der Waals surface area contributed by atoms with Crippen LogP contribution in [0.2, 0.25) is 0 Å². The Morgan fingerprint density at radius 1 is 1.22 bits per heavy atom. The van der Waals surface area contributed by atoms with E-state index < -0.39 is 20.6 Å². The summed E-state index contributed by atoms with van der Waals surface area (Å²) in [7, 11) is -3.97. The predicted octanol–water partition coefficient (Wildman–Crippen LogP) is -0.192. The van der Waals surface area contributed by atoms with Crippen molar-refractivity contribution in [2.45, 2.75) is 4.90 Å². The standard InChI is InChI=1S/C12H16N4O5S.ClH/c13-9-12(17)14-5-7-15(8-6-14)22(20,21)11-4-2-1-3-10(11)16(18)19;/h1-4H,5-9,13H2;1H. The fraction of sp³-hybridized carbons (Fsp3) is 0.417. The highest BCUT2D eigenvalue weighted by Gasteiger charge is 2.34. The molecule has 128 valence electrons. The van der Waals surface area contributed by atoms with E-state index in [-0.39, 0.29) is 55.9 Å². The Balaban J connectivity index is 0.00000264. The lowest BCUT2D eigenvalue weighted by molar-refractivity contribution is -0.387. The van der Waals surface area contributed by atoms with E-state index in [1.165, 1.54) is 23.1 Å². The number of nitrogens with zero attached hydrogens (tertiary/aromatic N) is 3. The fourth-order valence-electron chi connectivity index (χ4n) is 2.27. The maximum absolute atomic E-state index is 12.6. The first-order chi connectivity index (χ1) is 10.4. The van der Waals surface area contributed by atoms with Gasteiger partial charge in [0.25, 0.3) is 5.69 Å². The number of para-hydroxylation sites is 1. The Kier molecular flexibility index (Phi) is 6.45. The van der Waals surface area contributed by atoms with Gasteiger partial charge >= 0.3 is 0 Å². The summed E-state index contributed by atoms with van der Waals surface area (Å²) in [5.41, 5.74) is 4.81. The Hall–Kier alpha value is -1.75. The number of benzene rings is 1. The van der Waals surface area contributed by atoms with Crippen molar-refractivity contribution < 1.29 is 18.1 Å². The summed E-state index contributed by atoms with van der Waals surface area (Å²) in [6, 6.07) is 5.22. The van der Waals surface area contributed by atoms with E-state index in [0.717, 1.165) is 10.4 Å². The highest BCUT2D eigenvalue weighted by atomic mass is 35.5. The van der Waals surface area contributed by atoms with Gasteiger partial charge in [-0.25, -0.2) is 8.42 Å². The molecule has 1 aromatic carbocycles. The molecule has 11 heteroatoms. The van der Waals surface area contributed by atoms with Gasteiger partial charge in [-0.05, 0) is 6.07 Å². The minimum atomic E-state index is -3.97. The predicted molar refractivity (Wildman–Crippen MR) is 84.7 cm³/mol. The lowest BCUT2D eigenvalue weighted by Crippen LogP contribution is -2.51. The molecule has 0 aliphatic carbocycles. The van der Waals surface area contributed by atoms with E-state index in [4.69, 9.17) is 5.73 Å². The third-order valence-corrected chi connectivity index (χ3v) is 5.39. The van der Waals surface area contributed by atoms with Crippen LogP contribution in [0.4, 0.5) is 5.69 Å². The number of halogens is 1. The topological polar surface area (TPSA) is 127 Å². The smallest absolute Gasteiger partial charge is 0.289 e. The number of nitro groups is 1. The number of nitro benzene ring substituents is 1. The van der Waals surface area contributed by atoms with Gasteiger partial charge in [0, 0.05) is 32.2 Å². The van der Waals surface area contributed by atoms with Crippen LogP contribution >= 0.6 is 12.4 Å². The lowest BCUT2D eigenvalue weighted by atomic mass is 10.3. The number of carbonyl (C=O) groups is 1. The fourth-order valence-corrected chi connectivity index (χ4v) is 3.85. The van der Waals surface area contributed by atoms with Gasteiger partial charge in [0.2, 0.25) is 15.9 Å². The number of hydrogen-bond donors (Lipinski definition) is 1. The van der Waals surface area contributed by atoms with E-state index >= 15 is 0 Å². The largest absolute Gasteiger partial charge is 0.339 e. The molecular weight excluding hydrogens is 348 g/mol. The number of carbonyl (C=O) groups excluding carboxylic acids is 1. The molecule has 0 saturated carbocycles. The Bertz CT molecular complexity index is 688. The van der Waals surface area contributed by atoms with Gasteiger partial charge in [0.05, 0.1) is 11.5 Å². The summed E-state index contributed by atoms with van der Waals surface area (Å²) < 4.78 is 26.3. The molecule has 2 N–H and O–H groups in total. The first-order valence-corrected chi connectivity index (χ1v) is 8.03. The maximum Gasteiger partial charge on any atom is 0.289 e. The molecule has 23 heavy (non-hydrogen) atoms. The molecule has 1 saturated heterocycles. The van der Waals surface area contributed by atoms with E-state index in [9.17, 15) is 23.3 Å². The van der Waals surface area contributed by atoms with Crippen LogP contribution in [-0.2, 0) is 14.8 Å². The molecule has 9 nitrogen and oxygen atoms in total. The van der Waals surface area contributed by atoms with Crippen molar-refractivity contribution in [2.24, 2.45) is 5.73 Å². The SMILES string of the molecule is Cl.NCC(=O)N1CCN(S(=O)(=O)c2ccccc2[N+](=O)[O-])CC1. The summed E-state index contributed by atoms with van der Waals surface area (Å²) in [6.45, 7) is 0.475. The number of sulfonamides is 1. The summed E-state index contributed by atoms with van der Waals surface area (Å²) in [5, 5.41) is 11.0. The van der Waals surface area contributed by atoms with E-state index in [0.29, 0.717) is 0 Å². The van der Waals surface area contributed by atoms with Crippen molar-refractivity contribution in [3.05, 3.63) is 34.4 Å². The monoisotopic (exact) mass is 364 g/mol. The number of piperazine rings is 1. The molecule has 0 bridgehead atoms. The van der Waals surface area contributed by atoms with E-state index in [1.807, 2.05) is 0 Å². The average Bonchev–Trinajstić information content (AvgIpc) is 2.54. The molecule has 0 spiro atoms.